The van der Waals surface area contributed by atoms with E-state index in [9.17, 15) is 4.79 Å². The van der Waals surface area contributed by atoms with Gasteiger partial charge in [0.15, 0.2) is 0 Å². The molecule has 0 spiro atoms. The van der Waals surface area contributed by atoms with Gasteiger partial charge in [-0.1, -0.05) is 11.6 Å². The lowest BCUT2D eigenvalue weighted by atomic mass is 10.1. The molecule has 0 amide bonds. The number of nitrogens with zero attached hydrogens (tertiary/aromatic N) is 1. The number of pyridine rings is 1. The van der Waals surface area contributed by atoms with Gasteiger partial charge in [0.2, 0.25) is 0 Å². The number of halogens is 1. The summed E-state index contributed by atoms with van der Waals surface area (Å²) in [4.78, 5) is 15.1. The third-order valence-corrected chi connectivity index (χ3v) is 2.34. The van der Waals surface area contributed by atoms with Gasteiger partial charge >= 0.3 is 5.97 Å². The van der Waals surface area contributed by atoms with Crippen LogP contribution in [0.3, 0.4) is 0 Å². The molecular weight excluding hydrogens is 218 g/mol. The van der Waals surface area contributed by atoms with Crippen LogP contribution in [0, 0.1) is 6.92 Å². The summed E-state index contributed by atoms with van der Waals surface area (Å²) in [6.45, 7) is 1.80. The Balaban J connectivity index is 3.05. The summed E-state index contributed by atoms with van der Waals surface area (Å²) >= 11 is 5.87. The summed E-state index contributed by atoms with van der Waals surface area (Å²) in [6, 6.07) is 0. The van der Waals surface area contributed by atoms with Crippen molar-refractivity contribution in [3.05, 3.63) is 22.5 Å². The van der Waals surface area contributed by atoms with Crippen molar-refractivity contribution in [2.75, 3.05) is 14.2 Å². The summed E-state index contributed by atoms with van der Waals surface area (Å²) in [7, 11) is 2.86. The van der Waals surface area contributed by atoms with Crippen LogP contribution in [0.1, 0.15) is 11.3 Å². The van der Waals surface area contributed by atoms with E-state index in [0.29, 0.717) is 16.5 Å². The highest BCUT2D eigenvalue weighted by atomic mass is 35.5. The minimum Gasteiger partial charge on any atom is -0.495 e. The number of rotatable bonds is 3. The molecule has 1 rings (SSSR count). The topological polar surface area (TPSA) is 48.4 Å². The SMILES string of the molecule is COC(=O)Cc1ncc(Cl)c(OC)c1C. The second-order valence-electron chi connectivity index (χ2n) is 2.96. The molecular formula is C10H12ClNO3. The molecule has 0 bridgehead atoms. The van der Waals surface area contributed by atoms with Crippen molar-refractivity contribution in [2.45, 2.75) is 13.3 Å². The highest BCUT2D eigenvalue weighted by Crippen LogP contribution is 2.28. The molecule has 0 saturated carbocycles. The van der Waals surface area contributed by atoms with Crippen LogP contribution >= 0.6 is 11.6 Å². The van der Waals surface area contributed by atoms with Crippen molar-refractivity contribution in [1.82, 2.24) is 4.98 Å². The van der Waals surface area contributed by atoms with Gasteiger partial charge in [-0.25, -0.2) is 0 Å². The number of methoxy groups -OCH3 is 2. The highest BCUT2D eigenvalue weighted by Gasteiger charge is 2.13. The summed E-state index contributed by atoms with van der Waals surface area (Å²) in [5.74, 6) is 0.209. The van der Waals surface area contributed by atoms with Crippen molar-refractivity contribution < 1.29 is 14.3 Å². The molecule has 0 saturated heterocycles. The zero-order chi connectivity index (χ0) is 11.4. The average molecular weight is 230 g/mol. The first-order chi connectivity index (χ1) is 7.10. The Morgan fingerprint density at radius 3 is 2.73 bits per heavy atom. The van der Waals surface area contributed by atoms with Crippen LogP contribution in [0.25, 0.3) is 0 Å². The van der Waals surface area contributed by atoms with Gasteiger partial charge in [0.05, 0.1) is 26.3 Å². The average Bonchev–Trinajstić information content (AvgIpc) is 2.23. The Hall–Kier alpha value is -1.29. The van der Waals surface area contributed by atoms with Gasteiger partial charge in [-0.15, -0.1) is 0 Å². The molecule has 1 heterocycles. The maximum atomic E-state index is 11.1. The largest absolute Gasteiger partial charge is 0.495 e. The van der Waals surface area contributed by atoms with Crippen molar-refractivity contribution in [2.24, 2.45) is 0 Å². The lowest BCUT2D eigenvalue weighted by Crippen LogP contribution is -2.08. The first kappa shape index (κ1) is 11.8. The van der Waals surface area contributed by atoms with E-state index in [2.05, 4.69) is 9.72 Å². The van der Waals surface area contributed by atoms with Crippen LogP contribution in [-0.4, -0.2) is 25.2 Å². The minimum atomic E-state index is -0.338. The standard InChI is InChI=1S/C10H12ClNO3/c1-6-8(4-9(13)14-2)12-5-7(11)10(6)15-3/h5H,4H2,1-3H3. The van der Waals surface area contributed by atoms with E-state index in [1.54, 1.807) is 6.92 Å². The predicted octanol–water partition coefficient (Wildman–Crippen LogP) is 1.77. The van der Waals surface area contributed by atoms with Crippen molar-refractivity contribution in [1.29, 1.82) is 0 Å². The number of ether oxygens (including phenoxy) is 2. The molecule has 0 N–H and O–H groups in total. The van der Waals surface area contributed by atoms with Crippen LogP contribution < -0.4 is 4.74 Å². The molecule has 0 atom stereocenters. The van der Waals surface area contributed by atoms with Crippen LogP contribution in [0.5, 0.6) is 5.75 Å². The predicted molar refractivity (Wildman–Crippen MR) is 56.3 cm³/mol. The van der Waals surface area contributed by atoms with Crippen molar-refractivity contribution in [3.8, 4) is 5.75 Å². The Morgan fingerprint density at radius 2 is 2.20 bits per heavy atom. The van der Waals surface area contributed by atoms with Gasteiger partial charge in [0, 0.05) is 11.8 Å². The fraction of sp³-hybridized carbons (Fsp3) is 0.400. The van der Waals surface area contributed by atoms with Gasteiger partial charge in [0.25, 0.3) is 0 Å². The van der Waals surface area contributed by atoms with Crippen LogP contribution in [-0.2, 0) is 16.0 Å². The van der Waals surface area contributed by atoms with E-state index in [-0.39, 0.29) is 12.4 Å². The van der Waals surface area contributed by atoms with E-state index in [0.717, 1.165) is 5.56 Å². The van der Waals surface area contributed by atoms with Crippen molar-refractivity contribution in [3.63, 3.8) is 0 Å². The maximum Gasteiger partial charge on any atom is 0.311 e. The number of aromatic nitrogens is 1. The summed E-state index contributed by atoms with van der Waals surface area (Å²) in [5.41, 5.74) is 1.37. The van der Waals surface area contributed by atoms with E-state index >= 15 is 0 Å². The third kappa shape index (κ3) is 2.59. The molecule has 15 heavy (non-hydrogen) atoms. The second-order valence-corrected chi connectivity index (χ2v) is 3.37. The second kappa shape index (κ2) is 4.98. The lowest BCUT2D eigenvalue weighted by molar-refractivity contribution is -0.139. The molecule has 0 aliphatic carbocycles. The normalized spacial score (nSPS) is 9.87. The molecule has 0 fully saturated rings. The first-order valence-corrected chi connectivity index (χ1v) is 4.72. The minimum absolute atomic E-state index is 0.121. The molecule has 1 aromatic rings. The summed E-state index contributed by atoms with van der Waals surface area (Å²) in [5, 5.41) is 0.434. The molecule has 82 valence electrons. The third-order valence-electron chi connectivity index (χ3n) is 2.07. The molecule has 5 heteroatoms. The summed E-state index contributed by atoms with van der Waals surface area (Å²) < 4.78 is 9.67. The molecule has 4 nitrogen and oxygen atoms in total. The fourth-order valence-electron chi connectivity index (χ4n) is 1.24. The van der Waals surface area contributed by atoms with E-state index in [1.165, 1.54) is 20.4 Å². The molecule has 0 aliphatic rings. The maximum absolute atomic E-state index is 11.1. The first-order valence-electron chi connectivity index (χ1n) is 4.35. The zero-order valence-electron chi connectivity index (χ0n) is 8.83. The summed E-state index contributed by atoms with van der Waals surface area (Å²) in [6.07, 6.45) is 1.58. The smallest absolute Gasteiger partial charge is 0.311 e. The highest BCUT2D eigenvalue weighted by molar-refractivity contribution is 6.32. The van der Waals surface area contributed by atoms with Gasteiger partial charge in [-0.3, -0.25) is 9.78 Å². The molecule has 0 aromatic carbocycles. The number of carbonyl (C=O) groups excluding carboxylic acids is 1. The van der Waals surface area contributed by atoms with E-state index in [4.69, 9.17) is 16.3 Å². The zero-order valence-corrected chi connectivity index (χ0v) is 9.59. The van der Waals surface area contributed by atoms with Crippen LogP contribution in [0.2, 0.25) is 5.02 Å². The van der Waals surface area contributed by atoms with E-state index < -0.39 is 0 Å². The number of hydrogen-bond acceptors (Lipinski definition) is 4. The fourth-order valence-corrected chi connectivity index (χ4v) is 1.51. The molecule has 0 radical (unpaired) electrons. The van der Waals surface area contributed by atoms with Crippen LogP contribution in [0.4, 0.5) is 0 Å². The monoisotopic (exact) mass is 229 g/mol. The number of carbonyl (C=O) groups is 1. The van der Waals surface area contributed by atoms with Gasteiger partial charge < -0.3 is 9.47 Å². The van der Waals surface area contributed by atoms with E-state index in [1.807, 2.05) is 0 Å². The Kier molecular flexibility index (Phi) is 3.91. The number of esters is 1. The van der Waals surface area contributed by atoms with Crippen LogP contribution in [0.15, 0.2) is 6.20 Å². The van der Waals surface area contributed by atoms with Gasteiger partial charge in [-0.2, -0.15) is 0 Å². The Bertz CT molecular complexity index is 379. The van der Waals surface area contributed by atoms with Crippen molar-refractivity contribution >= 4 is 17.6 Å². The number of hydrogen-bond donors (Lipinski definition) is 0. The Morgan fingerprint density at radius 1 is 1.53 bits per heavy atom. The van der Waals surface area contributed by atoms with Gasteiger partial charge in [-0.05, 0) is 6.92 Å². The molecule has 0 aliphatic heterocycles. The lowest BCUT2D eigenvalue weighted by Gasteiger charge is -2.10. The Labute approximate surface area is 93.2 Å². The van der Waals surface area contributed by atoms with Gasteiger partial charge in [0.1, 0.15) is 10.8 Å². The quantitative estimate of drug-likeness (QED) is 0.742. The molecule has 0 unspecified atom stereocenters. The molecule has 1 aromatic heterocycles.